The van der Waals surface area contributed by atoms with Crippen LogP contribution >= 0.6 is 11.3 Å². The van der Waals surface area contributed by atoms with Crippen molar-refractivity contribution in [2.45, 2.75) is 19.8 Å². The smallest absolute Gasteiger partial charge is 0.211 e. The molecule has 0 spiro atoms. The molecule has 4 nitrogen and oxygen atoms in total. The van der Waals surface area contributed by atoms with Gasteiger partial charge in [-0.05, 0) is 6.42 Å². The lowest BCUT2D eigenvalue weighted by Crippen LogP contribution is -2.28. The third-order valence-corrected chi connectivity index (χ3v) is 4.05. The summed E-state index contributed by atoms with van der Waals surface area (Å²) in [6.07, 6.45) is 3.04. The molecule has 0 bridgehead atoms. The van der Waals surface area contributed by atoms with Crippen molar-refractivity contribution in [3.63, 3.8) is 0 Å². The lowest BCUT2D eigenvalue weighted by atomic mass is 10.5. The Balaban J connectivity index is 2.28. The van der Waals surface area contributed by atoms with Crippen LogP contribution in [0.4, 0.5) is 0 Å². The fraction of sp³-hybridized carbons (Fsp3) is 0.625. The van der Waals surface area contributed by atoms with Gasteiger partial charge in [-0.1, -0.05) is 6.92 Å². The van der Waals surface area contributed by atoms with Crippen molar-refractivity contribution in [2.24, 2.45) is 0 Å². The number of sulfonamides is 1. The summed E-state index contributed by atoms with van der Waals surface area (Å²) in [6.45, 7) is 2.29. The van der Waals surface area contributed by atoms with Crippen molar-refractivity contribution in [2.75, 3.05) is 12.3 Å². The molecule has 0 saturated heterocycles. The van der Waals surface area contributed by atoms with Gasteiger partial charge in [0.15, 0.2) is 0 Å². The molecule has 0 aliphatic heterocycles. The molecule has 0 aliphatic carbocycles. The Morgan fingerprint density at radius 2 is 2.36 bits per heavy atom. The number of rotatable bonds is 6. The molecule has 0 amide bonds. The van der Waals surface area contributed by atoms with Gasteiger partial charge in [0.25, 0.3) is 0 Å². The van der Waals surface area contributed by atoms with Crippen LogP contribution < -0.4 is 4.72 Å². The number of thiazole rings is 1. The van der Waals surface area contributed by atoms with E-state index in [9.17, 15) is 8.42 Å². The first-order chi connectivity index (χ1) is 6.64. The number of nitrogens with one attached hydrogen (secondary N) is 1. The highest BCUT2D eigenvalue weighted by Crippen LogP contribution is 2.03. The number of nitrogens with zero attached hydrogens (tertiary/aromatic N) is 1. The van der Waals surface area contributed by atoms with Gasteiger partial charge in [0, 0.05) is 24.5 Å². The van der Waals surface area contributed by atoms with Crippen molar-refractivity contribution >= 4 is 21.4 Å². The average molecular weight is 234 g/mol. The van der Waals surface area contributed by atoms with Crippen molar-refractivity contribution in [1.82, 2.24) is 9.71 Å². The highest BCUT2D eigenvalue weighted by Gasteiger charge is 2.07. The van der Waals surface area contributed by atoms with E-state index in [0.717, 1.165) is 5.01 Å². The van der Waals surface area contributed by atoms with Gasteiger partial charge in [-0.2, -0.15) is 0 Å². The van der Waals surface area contributed by atoms with E-state index in [4.69, 9.17) is 0 Å². The first kappa shape index (κ1) is 11.6. The Morgan fingerprint density at radius 1 is 1.57 bits per heavy atom. The highest BCUT2D eigenvalue weighted by molar-refractivity contribution is 7.89. The molecule has 1 aromatic heterocycles. The summed E-state index contributed by atoms with van der Waals surface area (Å²) in [5.41, 5.74) is 0. The fourth-order valence-corrected chi connectivity index (χ4v) is 2.75. The molecule has 0 fully saturated rings. The molecule has 0 atom stereocenters. The molecule has 1 N–H and O–H groups in total. The summed E-state index contributed by atoms with van der Waals surface area (Å²) >= 11 is 1.54. The molecule has 0 aliphatic rings. The van der Waals surface area contributed by atoms with E-state index in [0.29, 0.717) is 19.4 Å². The largest absolute Gasteiger partial charge is 0.250 e. The van der Waals surface area contributed by atoms with Gasteiger partial charge in [0.2, 0.25) is 10.0 Å². The first-order valence-corrected chi connectivity index (χ1v) is 7.03. The second kappa shape index (κ2) is 5.43. The minimum atomic E-state index is -3.06. The Kier molecular flexibility index (Phi) is 4.50. The standard InChI is InChI=1S/C8H14N2O2S2/c1-2-7-14(11,12)10-4-3-8-9-5-6-13-8/h5-6,10H,2-4,7H2,1H3. The molecule has 0 unspecified atom stereocenters. The second-order valence-corrected chi connectivity index (χ2v) is 5.79. The number of hydrogen-bond acceptors (Lipinski definition) is 4. The maximum atomic E-state index is 11.2. The zero-order valence-corrected chi connectivity index (χ0v) is 9.70. The van der Waals surface area contributed by atoms with Crippen molar-refractivity contribution in [1.29, 1.82) is 0 Å². The van der Waals surface area contributed by atoms with Crippen molar-refractivity contribution < 1.29 is 8.42 Å². The fourth-order valence-electron chi connectivity index (χ4n) is 1.03. The summed E-state index contributed by atoms with van der Waals surface area (Å²) in [5.74, 6) is 0.199. The topological polar surface area (TPSA) is 59.1 Å². The van der Waals surface area contributed by atoms with E-state index < -0.39 is 10.0 Å². The molecule has 1 rings (SSSR count). The predicted molar refractivity (Wildman–Crippen MR) is 57.9 cm³/mol. The van der Waals surface area contributed by atoms with E-state index >= 15 is 0 Å². The van der Waals surface area contributed by atoms with E-state index in [2.05, 4.69) is 9.71 Å². The van der Waals surface area contributed by atoms with E-state index in [1.807, 2.05) is 12.3 Å². The van der Waals surface area contributed by atoms with Gasteiger partial charge in [-0.25, -0.2) is 18.1 Å². The van der Waals surface area contributed by atoms with Crippen LogP contribution in [0.5, 0.6) is 0 Å². The third kappa shape index (κ3) is 4.17. The maximum Gasteiger partial charge on any atom is 0.211 e. The SMILES string of the molecule is CCCS(=O)(=O)NCCc1nccs1. The zero-order valence-electron chi connectivity index (χ0n) is 8.06. The Bertz CT molecular complexity index is 345. The van der Waals surface area contributed by atoms with Crippen LogP contribution in [0.2, 0.25) is 0 Å². The van der Waals surface area contributed by atoms with E-state index in [-0.39, 0.29) is 5.75 Å². The molecule has 14 heavy (non-hydrogen) atoms. The summed E-state index contributed by atoms with van der Waals surface area (Å²) in [6, 6.07) is 0. The molecular formula is C8H14N2O2S2. The monoisotopic (exact) mass is 234 g/mol. The van der Waals surface area contributed by atoms with Crippen LogP contribution in [0.15, 0.2) is 11.6 Å². The van der Waals surface area contributed by atoms with Crippen LogP contribution in [-0.4, -0.2) is 25.7 Å². The molecule has 80 valence electrons. The molecule has 0 saturated carbocycles. The molecule has 0 radical (unpaired) electrons. The molecule has 1 aromatic rings. The van der Waals surface area contributed by atoms with Crippen LogP contribution in [-0.2, 0) is 16.4 Å². The van der Waals surface area contributed by atoms with Crippen LogP contribution in [0.1, 0.15) is 18.4 Å². The van der Waals surface area contributed by atoms with Gasteiger partial charge < -0.3 is 0 Å². The summed E-state index contributed by atoms with van der Waals surface area (Å²) < 4.78 is 25.0. The molecule has 1 heterocycles. The van der Waals surface area contributed by atoms with E-state index in [1.54, 1.807) is 17.5 Å². The molecule has 0 aromatic carbocycles. The summed E-state index contributed by atoms with van der Waals surface area (Å²) in [5, 5.41) is 2.85. The Morgan fingerprint density at radius 3 is 2.93 bits per heavy atom. The minimum Gasteiger partial charge on any atom is -0.250 e. The molecule has 6 heteroatoms. The van der Waals surface area contributed by atoms with E-state index in [1.165, 1.54) is 0 Å². The van der Waals surface area contributed by atoms with Gasteiger partial charge in [-0.3, -0.25) is 0 Å². The number of aromatic nitrogens is 1. The summed E-state index contributed by atoms with van der Waals surface area (Å²) in [7, 11) is -3.06. The zero-order chi connectivity index (χ0) is 10.4. The molecular weight excluding hydrogens is 220 g/mol. The predicted octanol–water partition coefficient (Wildman–Crippen LogP) is 1.01. The quantitative estimate of drug-likeness (QED) is 0.799. The maximum absolute atomic E-state index is 11.2. The summed E-state index contributed by atoms with van der Waals surface area (Å²) in [4.78, 5) is 4.07. The van der Waals surface area contributed by atoms with Gasteiger partial charge in [0.05, 0.1) is 10.8 Å². The average Bonchev–Trinajstić information content (AvgIpc) is 2.56. The van der Waals surface area contributed by atoms with Gasteiger partial charge in [-0.15, -0.1) is 11.3 Å². The van der Waals surface area contributed by atoms with Crippen molar-refractivity contribution in [3.8, 4) is 0 Å². The van der Waals surface area contributed by atoms with Crippen LogP contribution in [0.25, 0.3) is 0 Å². The van der Waals surface area contributed by atoms with Crippen LogP contribution in [0.3, 0.4) is 0 Å². The normalized spacial score (nSPS) is 11.8. The van der Waals surface area contributed by atoms with Gasteiger partial charge in [0.1, 0.15) is 0 Å². The van der Waals surface area contributed by atoms with Gasteiger partial charge >= 0.3 is 0 Å². The van der Waals surface area contributed by atoms with Crippen molar-refractivity contribution in [3.05, 3.63) is 16.6 Å². The first-order valence-electron chi connectivity index (χ1n) is 4.50. The minimum absolute atomic E-state index is 0.199. The third-order valence-electron chi connectivity index (χ3n) is 1.62. The lowest BCUT2D eigenvalue weighted by Gasteiger charge is -2.03. The Labute approximate surface area is 88.4 Å². The van der Waals surface area contributed by atoms with Crippen LogP contribution in [0, 0.1) is 0 Å². The highest BCUT2D eigenvalue weighted by atomic mass is 32.2. The number of hydrogen-bond donors (Lipinski definition) is 1. The lowest BCUT2D eigenvalue weighted by molar-refractivity contribution is 0.580. The Hall–Kier alpha value is -0.460. The second-order valence-electron chi connectivity index (χ2n) is 2.89.